The monoisotopic (exact) mass is 420 g/mol. The molecule has 2 aliphatic heterocycles. The SMILES string of the molecule is O=C(NCc1cccs1)[C@H]1CN(C(=O)c2cc(F)cc(F)c2)CC12CCOCC2. The molecule has 5 nitrogen and oxygen atoms in total. The van der Waals surface area contributed by atoms with Crippen molar-refractivity contribution < 1.29 is 23.1 Å². The third-order valence-electron chi connectivity index (χ3n) is 5.87. The fourth-order valence-electron chi connectivity index (χ4n) is 4.34. The van der Waals surface area contributed by atoms with E-state index in [1.54, 1.807) is 16.2 Å². The van der Waals surface area contributed by atoms with E-state index in [1.165, 1.54) is 0 Å². The topological polar surface area (TPSA) is 58.6 Å². The average Bonchev–Trinajstić information content (AvgIpc) is 3.34. The number of ether oxygens (including phenoxy) is 1. The Hall–Kier alpha value is -2.32. The molecular formula is C21H22F2N2O3S. The van der Waals surface area contributed by atoms with Crippen molar-refractivity contribution in [1.29, 1.82) is 0 Å². The zero-order valence-corrected chi connectivity index (χ0v) is 16.6. The van der Waals surface area contributed by atoms with Gasteiger partial charge < -0.3 is 15.0 Å². The maximum absolute atomic E-state index is 13.6. The van der Waals surface area contributed by atoms with Crippen LogP contribution in [0.25, 0.3) is 0 Å². The predicted molar refractivity (Wildman–Crippen MR) is 104 cm³/mol. The highest BCUT2D eigenvalue weighted by Crippen LogP contribution is 2.44. The summed E-state index contributed by atoms with van der Waals surface area (Å²) >= 11 is 1.57. The molecule has 3 heterocycles. The fraction of sp³-hybridized carbons (Fsp3) is 0.429. The molecule has 1 N–H and O–H groups in total. The zero-order chi connectivity index (χ0) is 20.4. The summed E-state index contributed by atoms with van der Waals surface area (Å²) in [5, 5.41) is 4.94. The van der Waals surface area contributed by atoms with E-state index in [0.29, 0.717) is 39.1 Å². The van der Waals surface area contributed by atoms with Gasteiger partial charge in [0.15, 0.2) is 0 Å². The minimum absolute atomic E-state index is 0.0376. The van der Waals surface area contributed by atoms with E-state index in [4.69, 9.17) is 4.74 Å². The van der Waals surface area contributed by atoms with E-state index < -0.39 is 17.5 Å². The van der Waals surface area contributed by atoms with Crippen LogP contribution in [0.4, 0.5) is 8.78 Å². The van der Waals surface area contributed by atoms with Crippen LogP contribution in [0.15, 0.2) is 35.7 Å². The molecule has 4 rings (SSSR count). The van der Waals surface area contributed by atoms with Crippen molar-refractivity contribution in [3.8, 4) is 0 Å². The molecule has 2 amide bonds. The Morgan fingerprint density at radius 3 is 2.59 bits per heavy atom. The summed E-state index contributed by atoms with van der Waals surface area (Å²) in [6.07, 6.45) is 1.34. The van der Waals surface area contributed by atoms with Gasteiger partial charge in [-0.1, -0.05) is 6.07 Å². The third-order valence-corrected chi connectivity index (χ3v) is 6.74. The Bertz CT molecular complexity index is 877. The number of rotatable bonds is 4. The van der Waals surface area contributed by atoms with Gasteiger partial charge in [-0.2, -0.15) is 0 Å². The molecule has 29 heavy (non-hydrogen) atoms. The second kappa shape index (κ2) is 8.20. The highest BCUT2D eigenvalue weighted by Gasteiger charge is 2.51. The Morgan fingerprint density at radius 2 is 1.93 bits per heavy atom. The molecule has 2 saturated heterocycles. The van der Waals surface area contributed by atoms with Crippen LogP contribution in [0.1, 0.15) is 28.1 Å². The first-order valence-electron chi connectivity index (χ1n) is 9.60. The zero-order valence-electron chi connectivity index (χ0n) is 15.8. The van der Waals surface area contributed by atoms with Crippen LogP contribution in [0, 0.1) is 23.0 Å². The summed E-state index contributed by atoms with van der Waals surface area (Å²) in [4.78, 5) is 28.5. The van der Waals surface area contributed by atoms with Crippen LogP contribution >= 0.6 is 11.3 Å². The first kappa shape index (κ1) is 20.0. The van der Waals surface area contributed by atoms with E-state index in [1.807, 2.05) is 17.5 Å². The number of thiophene rings is 1. The van der Waals surface area contributed by atoms with Gasteiger partial charge >= 0.3 is 0 Å². The number of nitrogens with one attached hydrogen (secondary N) is 1. The molecular weight excluding hydrogens is 398 g/mol. The lowest BCUT2D eigenvalue weighted by molar-refractivity contribution is -0.130. The summed E-state index contributed by atoms with van der Waals surface area (Å²) in [6.45, 7) is 2.12. The van der Waals surface area contributed by atoms with Gasteiger partial charge in [0, 0.05) is 48.2 Å². The molecule has 0 bridgehead atoms. The summed E-state index contributed by atoms with van der Waals surface area (Å²) < 4.78 is 32.6. The minimum Gasteiger partial charge on any atom is -0.381 e. The molecule has 1 spiro atoms. The molecule has 1 aromatic heterocycles. The number of nitrogens with zero attached hydrogens (tertiary/aromatic N) is 1. The van der Waals surface area contributed by atoms with E-state index in [0.717, 1.165) is 23.1 Å². The number of hydrogen-bond acceptors (Lipinski definition) is 4. The average molecular weight is 420 g/mol. The van der Waals surface area contributed by atoms with E-state index in [2.05, 4.69) is 5.32 Å². The molecule has 154 valence electrons. The highest BCUT2D eigenvalue weighted by atomic mass is 32.1. The van der Waals surface area contributed by atoms with E-state index in [-0.39, 0.29) is 29.3 Å². The lowest BCUT2D eigenvalue weighted by Gasteiger charge is -2.37. The largest absolute Gasteiger partial charge is 0.381 e. The quantitative estimate of drug-likeness (QED) is 0.826. The number of benzene rings is 1. The minimum atomic E-state index is -0.793. The smallest absolute Gasteiger partial charge is 0.254 e. The molecule has 2 aromatic rings. The Morgan fingerprint density at radius 1 is 1.21 bits per heavy atom. The van der Waals surface area contributed by atoms with Crippen LogP contribution in [-0.2, 0) is 16.1 Å². The second-order valence-corrected chi connectivity index (χ2v) is 8.70. The highest BCUT2D eigenvalue weighted by molar-refractivity contribution is 7.09. The number of likely N-dealkylation sites (tertiary alicyclic amines) is 1. The van der Waals surface area contributed by atoms with Crippen molar-refractivity contribution in [3.05, 3.63) is 57.8 Å². The molecule has 0 radical (unpaired) electrons. The number of halogens is 2. The van der Waals surface area contributed by atoms with Crippen molar-refractivity contribution in [3.63, 3.8) is 0 Å². The predicted octanol–water partition coefficient (Wildman–Crippen LogP) is 3.21. The van der Waals surface area contributed by atoms with Gasteiger partial charge in [0.25, 0.3) is 5.91 Å². The van der Waals surface area contributed by atoms with E-state index in [9.17, 15) is 18.4 Å². The Kier molecular flexibility index (Phi) is 5.65. The van der Waals surface area contributed by atoms with Crippen LogP contribution in [0.3, 0.4) is 0 Å². The van der Waals surface area contributed by atoms with Gasteiger partial charge in [-0.3, -0.25) is 9.59 Å². The molecule has 8 heteroatoms. The van der Waals surface area contributed by atoms with Gasteiger partial charge in [0.2, 0.25) is 5.91 Å². The summed E-state index contributed by atoms with van der Waals surface area (Å²) in [5.74, 6) is -2.52. The van der Waals surface area contributed by atoms with Gasteiger partial charge in [0.05, 0.1) is 12.5 Å². The molecule has 0 unspecified atom stereocenters. The van der Waals surface area contributed by atoms with Crippen molar-refractivity contribution in [2.75, 3.05) is 26.3 Å². The summed E-state index contributed by atoms with van der Waals surface area (Å²) in [7, 11) is 0. The van der Waals surface area contributed by atoms with Crippen LogP contribution in [-0.4, -0.2) is 43.0 Å². The molecule has 0 saturated carbocycles. The fourth-order valence-corrected chi connectivity index (χ4v) is 4.98. The van der Waals surface area contributed by atoms with Gasteiger partial charge in [0.1, 0.15) is 11.6 Å². The normalized spacial score (nSPS) is 20.8. The van der Waals surface area contributed by atoms with Gasteiger partial charge in [-0.05, 0) is 36.4 Å². The number of carbonyl (C=O) groups excluding carboxylic acids is 2. The summed E-state index contributed by atoms with van der Waals surface area (Å²) in [5.41, 5.74) is -0.413. The second-order valence-electron chi connectivity index (χ2n) is 7.67. The molecule has 2 aliphatic rings. The van der Waals surface area contributed by atoms with Crippen molar-refractivity contribution >= 4 is 23.2 Å². The van der Waals surface area contributed by atoms with Crippen molar-refractivity contribution in [2.24, 2.45) is 11.3 Å². The van der Waals surface area contributed by atoms with E-state index >= 15 is 0 Å². The maximum Gasteiger partial charge on any atom is 0.254 e. The van der Waals surface area contributed by atoms with Gasteiger partial charge in [-0.25, -0.2) is 8.78 Å². The molecule has 0 aliphatic carbocycles. The van der Waals surface area contributed by atoms with Gasteiger partial charge in [-0.15, -0.1) is 11.3 Å². The Balaban J connectivity index is 1.53. The number of amides is 2. The molecule has 2 fully saturated rings. The van der Waals surface area contributed by atoms with Crippen molar-refractivity contribution in [1.82, 2.24) is 10.2 Å². The number of hydrogen-bond donors (Lipinski definition) is 1. The number of carbonyl (C=O) groups is 2. The summed E-state index contributed by atoms with van der Waals surface area (Å²) in [6, 6.07) is 6.69. The first-order chi connectivity index (χ1) is 14.0. The molecule has 1 atom stereocenters. The van der Waals surface area contributed by atoms with Crippen LogP contribution in [0.5, 0.6) is 0 Å². The lowest BCUT2D eigenvalue weighted by Crippen LogP contribution is -2.44. The standard InChI is InChI=1S/C21H22F2N2O3S/c22-15-8-14(9-16(23)10-15)20(27)25-12-18(21(13-25)3-5-28-6-4-21)19(26)24-11-17-2-1-7-29-17/h1-2,7-10,18H,3-6,11-13H2,(H,24,26)/t18-/m1/s1. The van der Waals surface area contributed by atoms with Crippen molar-refractivity contribution in [2.45, 2.75) is 19.4 Å². The Labute approximate surface area is 171 Å². The molecule has 1 aromatic carbocycles. The third kappa shape index (κ3) is 4.18. The lowest BCUT2D eigenvalue weighted by atomic mass is 9.72. The van der Waals surface area contributed by atoms with Crippen LogP contribution < -0.4 is 5.32 Å². The first-order valence-corrected chi connectivity index (χ1v) is 10.5. The maximum atomic E-state index is 13.6. The van der Waals surface area contributed by atoms with Crippen LogP contribution in [0.2, 0.25) is 0 Å².